The Balaban J connectivity index is 1.59. The normalized spacial score (nSPS) is 10.6. The van der Waals surface area contributed by atoms with Crippen molar-refractivity contribution in [3.05, 3.63) is 102 Å². The minimum Gasteiger partial charge on any atom is -0.478 e. The SMILES string of the molecule is O=Cc1cncn1Cc1ccc(-c2cccc(-c3cccc(C(=O)O)c3)c2)cc1. The van der Waals surface area contributed by atoms with Gasteiger partial charge in [0.05, 0.1) is 18.1 Å². The lowest BCUT2D eigenvalue weighted by Gasteiger charge is -2.09. The van der Waals surface area contributed by atoms with Gasteiger partial charge in [-0.3, -0.25) is 4.79 Å². The van der Waals surface area contributed by atoms with Crippen molar-refractivity contribution in [2.75, 3.05) is 0 Å². The molecule has 0 spiro atoms. The van der Waals surface area contributed by atoms with Gasteiger partial charge in [0.15, 0.2) is 6.29 Å². The molecule has 5 nitrogen and oxygen atoms in total. The predicted molar refractivity (Wildman–Crippen MR) is 111 cm³/mol. The van der Waals surface area contributed by atoms with Crippen LogP contribution in [0.3, 0.4) is 0 Å². The quantitative estimate of drug-likeness (QED) is 0.487. The molecule has 4 aromatic rings. The first-order valence-corrected chi connectivity index (χ1v) is 9.12. The first kappa shape index (κ1) is 18.4. The number of rotatable bonds is 6. The molecule has 5 heteroatoms. The highest BCUT2D eigenvalue weighted by Crippen LogP contribution is 2.27. The lowest BCUT2D eigenvalue weighted by Crippen LogP contribution is -2.02. The fourth-order valence-corrected chi connectivity index (χ4v) is 3.27. The van der Waals surface area contributed by atoms with E-state index in [1.807, 2.05) is 48.5 Å². The molecule has 0 aliphatic heterocycles. The van der Waals surface area contributed by atoms with E-state index in [0.717, 1.165) is 34.1 Å². The van der Waals surface area contributed by atoms with E-state index in [4.69, 9.17) is 0 Å². The topological polar surface area (TPSA) is 72.2 Å². The van der Waals surface area contributed by atoms with E-state index >= 15 is 0 Å². The number of carboxylic acid groups (broad SMARTS) is 1. The van der Waals surface area contributed by atoms with Gasteiger partial charge in [0.2, 0.25) is 0 Å². The van der Waals surface area contributed by atoms with Crippen LogP contribution in [0.4, 0.5) is 0 Å². The summed E-state index contributed by atoms with van der Waals surface area (Å²) < 4.78 is 1.80. The van der Waals surface area contributed by atoms with Gasteiger partial charge in [0, 0.05) is 6.54 Å². The Kier molecular flexibility index (Phi) is 5.03. The number of nitrogens with zero attached hydrogens (tertiary/aromatic N) is 2. The smallest absolute Gasteiger partial charge is 0.335 e. The molecule has 4 rings (SSSR count). The molecule has 0 saturated carbocycles. The summed E-state index contributed by atoms with van der Waals surface area (Å²) in [4.78, 5) is 26.3. The first-order chi connectivity index (χ1) is 14.1. The number of carbonyl (C=O) groups is 2. The van der Waals surface area contributed by atoms with E-state index in [0.29, 0.717) is 12.2 Å². The van der Waals surface area contributed by atoms with Gasteiger partial charge in [-0.1, -0.05) is 54.6 Å². The number of benzene rings is 3. The van der Waals surface area contributed by atoms with Crippen LogP contribution in [0.1, 0.15) is 26.4 Å². The second-order valence-corrected chi connectivity index (χ2v) is 6.73. The Bertz CT molecular complexity index is 1180. The summed E-state index contributed by atoms with van der Waals surface area (Å²) in [7, 11) is 0. The Morgan fingerprint density at radius 1 is 0.897 bits per heavy atom. The highest BCUT2D eigenvalue weighted by Gasteiger charge is 2.07. The highest BCUT2D eigenvalue weighted by molar-refractivity contribution is 5.89. The fourth-order valence-electron chi connectivity index (χ4n) is 3.27. The van der Waals surface area contributed by atoms with Crippen molar-refractivity contribution in [3.8, 4) is 22.3 Å². The van der Waals surface area contributed by atoms with Gasteiger partial charge < -0.3 is 9.67 Å². The van der Waals surface area contributed by atoms with E-state index in [1.54, 1.807) is 35.3 Å². The number of aromatic carboxylic acids is 1. The van der Waals surface area contributed by atoms with E-state index in [-0.39, 0.29) is 5.56 Å². The lowest BCUT2D eigenvalue weighted by molar-refractivity contribution is 0.0696. The van der Waals surface area contributed by atoms with Crippen LogP contribution in [-0.2, 0) is 6.54 Å². The number of carbonyl (C=O) groups excluding carboxylic acids is 1. The van der Waals surface area contributed by atoms with Crippen LogP contribution < -0.4 is 0 Å². The molecule has 0 saturated heterocycles. The number of aromatic nitrogens is 2. The third-order valence-corrected chi connectivity index (χ3v) is 4.81. The maximum atomic E-state index is 11.2. The molecule has 142 valence electrons. The second-order valence-electron chi connectivity index (χ2n) is 6.73. The van der Waals surface area contributed by atoms with Gasteiger partial charge >= 0.3 is 5.97 Å². The maximum absolute atomic E-state index is 11.2. The molecular weight excluding hydrogens is 364 g/mol. The van der Waals surface area contributed by atoms with Crippen LogP contribution in [0.2, 0.25) is 0 Å². The van der Waals surface area contributed by atoms with E-state index < -0.39 is 5.97 Å². The van der Waals surface area contributed by atoms with E-state index in [1.165, 1.54) is 0 Å². The minimum atomic E-state index is -0.936. The van der Waals surface area contributed by atoms with Crippen LogP contribution in [-0.4, -0.2) is 26.9 Å². The van der Waals surface area contributed by atoms with Crippen molar-refractivity contribution in [2.24, 2.45) is 0 Å². The summed E-state index contributed by atoms with van der Waals surface area (Å²) in [6, 6.07) is 23.1. The van der Waals surface area contributed by atoms with Gasteiger partial charge in [0.1, 0.15) is 5.69 Å². The predicted octanol–water partition coefficient (Wildman–Crippen LogP) is 4.78. The maximum Gasteiger partial charge on any atom is 0.335 e. The molecule has 0 radical (unpaired) electrons. The summed E-state index contributed by atoms with van der Waals surface area (Å²) in [6.45, 7) is 0.580. The van der Waals surface area contributed by atoms with Crippen molar-refractivity contribution in [1.82, 2.24) is 9.55 Å². The molecule has 1 aromatic heterocycles. The first-order valence-electron chi connectivity index (χ1n) is 9.12. The number of hydrogen-bond donors (Lipinski definition) is 1. The molecule has 1 N–H and O–H groups in total. The van der Waals surface area contributed by atoms with Crippen molar-refractivity contribution >= 4 is 12.3 Å². The zero-order chi connectivity index (χ0) is 20.2. The zero-order valence-electron chi connectivity index (χ0n) is 15.5. The van der Waals surface area contributed by atoms with Crippen molar-refractivity contribution in [3.63, 3.8) is 0 Å². The van der Waals surface area contributed by atoms with Gasteiger partial charge in [0.25, 0.3) is 0 Å². The average molecular weight is 382 g/mol. The monoisotopic (exact) mass is 382 g/mol. The van der Waals surface area contributed by atoms with E-state index in [9.17, 15) is 14.7 Å². The summed E-state index contributed by atoms with van der Waals surface area (Å²) >= 11 is 0. The second kappa shape index (κ2) is 7.94. The number of imidazole rings is 1. The molecule has 0 amide bonds. The molecule has 0 fully saturated rings. The third kappa shape index (κ3) is 3.99. The Morgan fingerprint density at radius 3 is 2.24 bits per heavy atom. The summed E-state index contributed by atoms with van der Waals surface area (Å²) in [5.74, 6) is -0.936. The Labute approximate surface area is 167 Å². The average Bonchev–Trinajstić information content (AvgIpc) is 3.21. The highest BCUT2D eigenvalue weighted by atomic mass is 16.4. The molecule has 0 bridgehead atoms. The molecule has 0 aliphatic rings. The van der Waals surface area contributed by atoms with Gasteiger partial charge in [-0.2, -0.15) is 0 Å². The number of aldehydes is 1. The molecular formula is C24H18N2O3. The summed E-state index contributed by atoms with van der Waals surface area (Å²) in [6.07, 6.45) is 3.99. The van der Waals surface area contributed by atoms with Gasteiger partial charge in [-0.25, -0.2) is 9.78 Å². The molecule has 29 heavy (non-hydrogen) atoms. The van der Waals surface area contributed by atoms with Crippen LogP contribution in [0.15, 0.2) is 85.3 Å². The number of hydrogen-bond acceptors (Lipinski definition) is 3. The van der Waals surface area contributed by atoms with Crippen LogP contribution >= 0.6 is 0 Å². The molecule has 1 heterocycles. The minimum absolute atomic E-state index is 0.270. The third-order valence-electron chi connectivity index (χ3n) is 4.81. The van der Waals surface area contributed by atoms with Crippen LogP contribution in [0, 0.1) is 0 Å². The Morgan fingerprint density at radius 2 is 1.55 bits per heavy atom. The molecule has 0 atom stereocenters. The standard InChI is InChI=1S/C24H18N2O3/c27-15-23-13-25-16-26(23)14-17-7-9-18(10-8-17)19-3-1-4-20(11-19)21-5-2-6-22(12-21)24(28)29/h1-13,15-16H,14H2,(H,28,29). The lowest BCUT2D eigenvalue weighted by atomic mass is 9.97. The largest absolute Gasteiger partial charge is 0.478 e. The molecule has 3 aromatic carbocycles. The van der Waals surface area contributed by atoms with E-state index in [2.05, 4.69) is 11.1 Å². The zero-order valence-corrected chi connectivity index (χ0v) is 15.5. The van der Waals surface area contributed by atoms with Crippen molar-refractivity contribution in [1.29, 1.82) is 0 Å². The number of carboxylic acids is 1. The van der Waals surface area contributed by atoms with Gasteiger partial charge in [-0.05, 0) is 46.0 Å². The summed E-state index contributed by atoms with van der Waals surface area (Å²) in [5, 5.41) is 9.21. The molecule has 0 unspecified atom stereocenters. The van der Waals surface area contributed by atoms with Crippen molar-refractivity contribution < 1.29 is 14.7 Å². The van der Waals surface area contributed by atoms with Crippen LogP contribution in [0.25, 0.3) is 22.3 Å². The summed E-state index contributed by atoms with van der Waals surface area (Å²) in [5.41, 5.74) is 5.82. The van der Waals surface area contributed by atoms with Gasteiger partial charge in [-0.15, -0.1) is 0 Å². The fraction of sp³-hybridized carbons (Fsp3) is 0.0417. The van der Waals surface area contributed by atoms with Crippen LogP contribution in [0.5, 0.6) is 0 Å². The van der Waals surface area contributed by atoms with Crippen molar-refractivity contribution in [2.45, 2.75) is 6.54 Å². The molecule has 0 aliphatic carbocycles. The Hall–Kier alpha value is -3.99.